The van der Waals surface area contributed by atoms with Gasteiger partial charge in [-0.1, -0.05) is 35.7 Å². The maximum absolute atomic E-state index is 12.5. The Bertz CT molecular complexity index is 427. The molecule has 0 aliphatic heterocycles. The van der Waals surface area contributed by atoms with Crippen LogP contribution in [-0.2, 0) is 6.18 Å². The van der Waals surface area contributed by atoms with Crippen molar-refractivity contribution in [3.05, 3.63) is 33.8 Å². The van der Waals surface area contributed by atoms with Gasteiger partial charge in [-0.25, -0.2) is 0 Å². The summed E-state index contributed by atoms with van der Waals surface area (Å²) in [6, 6.07) is 3.15. The van der Waals surface area contributed by atoms with Crippen LogP contribution in [0, 0.1) is 0 Å². The van der Waals surface area contributed by atoms with Gasteiger partial charge in [-0.15, -0.1) is 0 Å². The number of benzene rings is 1. The van der Waals surface area contributed by atoms with E-state index in [4.69, 9.17) is 0 Å². The summed E-state index contributed by atoms with van der Waals surface area (Å²) < 4.78 is 38.0. The highest BCUT2D eigenvalue weighted by molar-refractivity contribution is 9.10. The van der Waals surface area contributed by atoms with Crippen LogP contribution >= 0.6 is 15.9 Å². The second-order valence-electron chi connectivity index (χ2n) is 4.07. The molecule has 5 heteroatoms. The van der Waals surface area contributed by atoms with Gasteiger partial charge in [-0.3, -0.25) is 4.79 Å². The minimum Gasteiger partial charge on any atom is -0.294 e. The summed E-state index contributed by atoms with van der Waals surface area (Å²) in [4.78, 5) is 11.8. The Labute approximate surface area is 113 Å². The van der Waals surface area contributed by atoms with E-state index in [0.29, 0.717) is 10.9 Å². The lowest BCUT2D eigenvalue weighted by atomic mass is 10.0. The fraction of sp³-hybridized carbons (Fsp3) is 0.462. The van der Waals surface area contributed by atoms with Gasteiger partial charge in [0, 0.05) is 16.5 Å². The molecular weight excluding hydrogens is 309 g/mol. The van der Waals surface area contributed by atoms with Crippen LogP contribution in [0.4, 0.5) is 13.2 Å². The highest BCUT2D eigenvalue weighted by Gasteiger charge is 2.31. The summed E-state index contributed by atoms with van der Waals surface area (Å²) in [6.45, 7) is 2.00. The number of alkyl halides is 3. The Morgan fingerprint density at radius 1 is 1.28 bits per heavy atom. The topological polar surface area (TPSA) is 17.1 Å². The van der Waals surface area contributed by atoms with E-state index in [2.05, 4.69) is 15.9 Å². The van der Waals surface area contributed by atoms with Gasteiger partial charge in [0.2, 0.25) is 0 Å². The second kappa shape index (κ2) is 6.36. The van der Waals surface area contributed by atoms with Crippen molar-refractivity contribution in [1.82, 2.24) is 0 Å². The zero-order chi connectivity index (χ0) is 13.8. The standard InChI is InChI=1S/C13H14BrF3O/c1-2-3-4-5-12(18)10-8-9(13(15,16)17)6-7-11(10)14/h6-8H,2-5H2,1H3. The number of hydrogen-bond donors (Lipinski definition) is 0. The number of ketones is 1. The molecule has 100 valence electrons. The maximum atomic E-state index is 12.5. The fourth-order valence-corrected chi connectivity index (χ4v) is 2.05. The lowest BCUT2D eigenvalue weighted by Gasteiger charge is -2.10. The van der Waals surface area contributed by atoms with Gasteiger partial charge in [0.25, 0.3) is 0 Å². The molecule has 0 aliphatic rings. The third kappa shape index (κ3) is 4.12. The molecule has 0 fully saturated rings. The molecule has 0 atom stereocenters. The van der Waals surface area contributed by atoms with Crippen LogP contribution in [0.25, 0.3) is 0 Å². The van der Waals surface area contributed by atoms with Gasteiger partial charge < -0.3 is 0 Å². The molecule has 0 saturated carbocycles. The fourth-order valence-electron chi connectivity index (χ4n) is 1.59. The first-order valence-corrected chi connectivity index (χ1v) is 6.55. The van der Waals surface area contributed by atoms with Crippen LogP contribution in [0.15, 0.2) is 22.7 Å². The summed E-state index contributed by atoms with van der Waals surface area (Å²) in [5, 5.41) is 0. The molecule has 0 saturated heterocycles. The maximum Gasteiger partial charge on any atom is 0.416 e. The van der Waals surface area contributed by atoms with Gasteiger partial charge in [0.15, 0.2) is 5.78 Å². The molecular formula is C13H14BrF3O. The number of carbonyl (C=O) groups excluding carboxylic acids is 1. The highest BCUT2D eigenvalue weighted by atomic mass is 79.9. The van der Waals surface area contributed by atoms with E-state index in [1.807, 2.05) is 6.92 Å². The Morgan fingerprint density at radius 2 is 1.94 bits per heavy atom. The minimum atomic E-state index is -4.42. The predicted octanol–water partition coefficient (Wildman–Crippen LogP) is 5.23. The molecule has 1 aromatic carbocycles. The lowest BCUT2D eigenvalue weighted by molar-refractivity contribution is -0.137. The quantitative estimate of drug-likeness (QED) is 0.535. The Hall–Kier alpha value is -0.840. The van der Waals surface area contributed by atoms with Crippen LogP contribution in [0.1, 0.15) is 48.5 Å². The Morgan fingerprint density at radius 3 is 2.50 bits per heavy atom. The largest absolute Gasteiger partial charge is 0.416 e. The van der Waals surface area contributed by atoms with Crippen LogP contribution in [0.2, 0.25) is 0 Å². The Kier molecular flexibility index (Phi) is 5.38. The van der Waals surface area contributed by atoms with Crippen LogP contribution < -0.4 is 0 Å². The zero-order valence-electron chi connectivity index (χ0n) is 9.98. The number of Topliss-reactive ketones (excluding diaryl/α,β-unsaturated/α-hetero) is 1. The summed E-state index contributed by atoms with van der Waals surface area (Å²) in [5.74, 6) is -0.249. The average molecular weight is 323 g/mol. The van der Waals surface area contributed by atoms with Crippen molar-refractivity contribution in [1.29, 1.82) is 0 Å². The summed E-state index contributed by atoms with van der Waals surface area (Å²) in [7, 11) is 0. The van der Waals surface area contributed by atoms with Crippen molar-refractivity contribution in [2.24, 2.45) is 0 Å². The van der Waals surface area contributed by atoms with E-state index >= 15 is 0 Å². The lowest BCUT2D eigenvalue weighted by Crippen LogP contribution is -2.08. The molecule has 0 spiro atoms. The first-order chi connectivity index (χ1) is 8.36. The van der Waals surface area contributed by atoms with Gasteiger partial charge in [0.05, 0.1) is 5.56 Å². The molecule has 0 heterocycles. The van der Waals surface area contributed by atoms with Gasteiger partial charge in [0.1, 0.15) is 0 Å². The van der Waals surface area contributed by atoms with Crippen LogP contribution in [-0.4, -0.2) is 5.78 Å². The van der Waals surface area contributed by atoms with Crippen LogP contribution in [0.3, 0.4) is 0 Å². The SMILES string of the molecule is CCCCCC(=O)c1cc(C(F)(F)F)ccc1Br. The summed E-state index contributed by atoms with van der Waals surface area (Å²) >= 11 is 3.12. The smallest absolute Gasteiger partial charge is 0.294 e. The first kappa shape index (κ1) is 15.2. The number of carbonyl (C=O) groups is 1. The third-order valence-corrected chi connectivity index (χ3v) is 3.29. The van der Waals surface area contributed by atoms with Crippen molar-refractivity contribution in [3.63, 3.8) is 0 Å². The molecule has 0 radical (unpaired) electrons. The number of hydrogen-bond acceptors (Lipinski definition) is 1. The molecule has 1 nitrogen and oxygen atoms in total. The molecule has 0 aromatic heterocycles. The molecule has 1 aromatic rings. The van der Waals surface area contributed by atoms with E-state index in [-0.39, 0.29) is 17.8 Å². The van der Waals surface area contributed by atoms with Crippen molar-refractivity contribution < 1.29 is 18.0 Å². The molecule has 0 unspecified atom stereocenters. The van der Waals surface area contributed by atoms with Gasteiger partial charge >= 0.3 is 6.18 Å². The van der Waals surface area contributed by atoms with E-state index in [1.165, 1.54) is 6.07 Å². The Balaban J connectivity index is 2.90. The normalized spacial score (nSPS) is 11.6. The monoisotopic (exact) mass is 322 g/mol. The van der Waals surface area contributed by atoms with Crippen molar-refractivity contribution in [2.75, 3.05) is 0 Å². The first-order valence-electron chi connectivity index (χ1n) is 5.76. The van der Waals surface area contributed by atoms with Crippen molar-refractivity contribution in [2.45, 2.75) is 38.8 Å². The highest BCUT2D eigenvalue weighted by Crippen LogP contribution is 2.32. The van der Waals surface area contributed by atoms with Crippen molar-refractivity contribution >= 4 is 21.7 Å². The van der Waals surface area contributed by atoms with E-state index < -0.39 is 11.7 Å². The molecule has 0 aliphatic carbocycles. The molecule has 0 bridgehead atoms. The second-order valence-corrected chi connectivity index (χ2v) is 4.93. The number of halogens is 4. The van der Waals surface area contributed by atoms with E-state index in [9.17, 15) is 18.0 Å². The molecule has 18 heavy (non-hydrogen) atoms. The van der Waals surface area contributed by atoms with E-state index in [0.717, 1.165) is 25.0 Å². The summed E-state index contributed by atoms with van der Waals surface area (Å²) in [5.41, 5.74) is -0.675. The molecule has 0 N–H and O–H groups in total. The number of unbranched alkanes of at least 4 members (excludes halogenated alkanes) is 2. The third-order valence-electron chi connectivity index (χ3n) is 2.60. The number of rotatable bonds is 5. The van der Waals surface area contributed by atoms with Gasteiger partial charge in [-0.05, 0) is 24.6 Å². The van der Waals surface area contributed by atoms with Crippen LogP contribution in [0.5, 0.6) is 0 Å². The molecule has 0 amide bonds. The van der Waals surface area contributed by atoms with E-state index in [1.54, 1.807) is 0 Å². The molecule has 1 rings (SSSR count). The zero-order valence-corrected chi connectivity index (χ0v) is 11.6. The average Bonchev–Trinajstić information content (AvgIpc) is 2.28. The van der Waals surface area contributed by atoms with Gasteiger partial charge in [-0.2, -0.15) is 13.2 Å². The minimum absolute atomic E-state index is 0.112. The summed E-state index contributed by atoms with van der Waals surface area (Å²) in [6.07, 6.45) is -1.55. The van der Waals surface area contributed by atoms with Crippen molar-refractivity contribution in [3.8, 4) is 0 Å². The predicted molar refractivity (Wildman–Crippen MR) is 67.6 cm³/mol.